The van der Waals surface area contributed by atoms with Gasteiger partial charge >= 0.3 is 5.97 Å². The lowest BCUT2D eigenvalue weighted by Crippen LogP contribution is -2.60. The number of aromatic amines is 1. The fourth-order valence-corrected chi connectivity index (χ4v) is 16.3. The summed E-state index contributed by atoms with van der Waals surface area (Å²) < 4.78 is 1.52. The fraction of sp³-hybridized carbons (Fsp3) is 0.575. The molecule has 2 aromatic heterocycles. The van der Waals surface area contributed by atoms with E-state index in [1.807, 2.05) is 78.9 Å². The third-order valence-electron chi connectivity index (χ3n) is 22.6. The van der Waals surface area contributed by atoms with Crippen LogP contribution in [0.15, 0.2) is 85.2 Å². The van der Waals surface area contributed by atoms with Gasteiger partial charge in [-0.05, 0) is 131 Å². The van der Waals surface area contributed by atoms with E-state index in [-0.39, 0.29) is 106 Å². The number of carbonyl (C=O) groups is 15. The fourth-order valence-electron chi connectivity index (χ4n) is 15.7. The van der Waals surface area contributed by atoms with Crippen LogP contribution in [-0.4, -0.2) is 278 Å². The summed E-state index contributed by atoms with van der Waals surface area (Å²) in [5.74, 6) is -10.8. The van der Waals surface area contributed by atoms with Gasteiger partial charge in [-0.2, -0.15) is 11.8 Å². The Balaban J connectivity index is 0.976. The molecule has 0 spiro atoms. The van der Waals surface area contributed by atoms with E-state index >= 15 is 9.59 Å². The second-order valence-electron chi connectivity index (χ2n) is 32.9. The molecule has 7 rings (SSSR count). The number of hydrogen-bond acceptors (Lipinski definition) is 19. The van der Waals surface area contributed by atoms with E-state index in [4.69, 9.17) is 11.5 Å². The van der Waals surface area contributed by atoms with Crippen molar-refractivity contribution in [1.82, 2.24) is 81.9 Å². The van der Waals surface area contributed by atoms with Crippen LogP contribution in [0.25, 0.3) is 21.8 Å². The summed E-state index contributed by atoms with van der Waals surface area (Å²) in [6.07, 6.45) is 7.84. The van der Waals surface area contributed by atoms with Gasteiger partial charge in [-0.15, -0.1) is 0 Å². The molecule has 2 saturated heterocycles. The zero-order valence-corrected chi connectivity index (χ0v) is 73.7. The molecule has 2 fully saturated rings. The highest BCUT2D eigenvalue weighted by atomic mass is 32.2. The summed E-state index contributed by atoms with van der Waals surface area (Å²) in [5, 5.41) is 46.6. The zero-order chi connectivity index (χ0) is 90.5. The number of hydrogen-bond donors (Lipinski definition) is 14. The van der Waals surface area contributed by atoms with Gasteiger partial charge in [0.1, 0.15) is 72.7 Å². The molecule has 123 heavy (non-hydrogen) atoms. The van der Waals surface area contributed by atoms with E-state index in [0.29, 0.717) is 67.1 Å². The molecule has 0 radical (unpaired) electrons. The van der Waals surface area contributed by atoms with Gasteiger partial charge in [-0.25, -0.2) is 0 Å². The Bertz CT molecular complexity index is 4500. The number of rotatable bonds is 49. The van der Waals surface area contributed by atoms with Crippen molar-refractivity contribution in [2.45, 2.75) is 237 Å². The number of carboxylic acids is 1. The number of nitrogens with zero attached hydrogens (tertiary/aromatic N) is 6. The number of carbonyl (C=O) groups excluding carboxylic acids is 14. The molecule has 35 nitrogen and oxygen atoms in total. The van der Waals surface area contributed by atoms with Crippen molar-refractivity contribution in [3.8, 4) is 5.75 Å². The highest BCUT2D eigenvalue weighted by Gasteiger charge is 2.43. The Kier molecular flexibility index (Phi) is 38.7. The molecular weight excluding hydrogens is 1600 g/mol. The van der Waals surface area contributed by atoms with E-state index in [9.17, 15) is 72.5 Å². The van der Waals surface area contributed by atoms with Gasteiger partial charge in [0.2, 0.25) is 82.7 Å². The molecule has 2 aliphatic rings. The topological polar surface area (TPSA) is 494 Å². The van der Waals surface area contributed by atoms with Crippen molar-refractivity contribution in [1.29, 1.82) is 0 Å². The molecule has 36 heteroatoms. The maximum atomic E-state index is 15.3. The van der Waals surface area contributed by atoms with E-state index < -0.39 is 169 Å². The van der Waals surface area contributed by atoms with Crippen LogP contribution in [0.2, 0.25) is 0 Å². The van der Waals surface area contributed by atoms with Crippen molar-refractivity contribution >= 4 is 122 Å². The molecule has 2 aliphatic heterocycles. The van der Waals surface area contributed by atoms with Gasteiger partial charge in [0, 0.05) is 106 Å². The maximum Gasteiger partial charge on any atom is 0.323 e. The number of amides is 14. The predicted molar refractivity (Wildman–Crippen MR) is 466 cm³/mol. The molecule has 674 valence electrons. The van der Waals surface area contributed by atoms with Crippen molar-refractivity contribution in [3.05, 3.63) is 102 Å². The number of likely N-dealkylation sites (N-methyl/N-ethyl adjacent to an activating group) is 4. The monoisotopic (exact) mass is 1730 g/mol. The van der Waals surface area contributed by atoms with Gasteiger partial charge in [0.15, 0.2) is 0 Å². The first kappa shape index (κ1) is 99.0. The molecule has 0 bridgehead atoms. The van der Waals surface area contributed by atoms with Crippen molar-refractivity contribution in [3.63, 3.8) is 0 Å². The molecule has 12 atom stereocenters. The number of aromatic hydroxyl groups is 1. The highest BCUT2D eigenvalue weighted by Crippen LogP contribution is 2.28. The quantitative estimate of drug-likeness (QED) is 0.0248. The number of carboxylic acid groups (broad SMARTS) is 1. The van der Waals surface area contributed by atoms with E-state index in [1.165, 1.54) is 59.5 Å². The van der Waals surface area contributed by atoms with Gasteiger partial charge in [-0.1, -0.05) is 116 Å². The number of aromatic nitrogens is 2. The maximum absolute atomic E-state index is 15.3. The lowest BCUT2D eigenvalue weighted by Gasteiger charge is -2.36. The SMILES string of the molecule is CCCC[C@@H](C(=O)N(C)[C@@H](CCCC)C(=O)N[C@@H](CC(C)C)C(=O)NCCSCC(=O)N[C@@H](Cc1ccc(O)cc1)C(=O)N(C)[C@@H](C)C(=O)N[C@@H](CC(N)=O)C(=O)N1CCCC1C(=O)N[C@@H](CN)C(=O)N[C@@H](CC(C)C)C(=O)N1CCCC1C)N(C)C(=O)[C@H](Cc1cn(CC(=O)O)c2ccccc12)NC(=O)CNC(=O)[C@H](Cc1c[nH]c2ccccc12)NC. The molecule has 16 N–H and O–H groups in total. The minimum atomic E-state index is -1.62. The number of para-hydroxylation sites is 2. The smallest absolute Gasteiger partial charge is 0.323 e. The van der Waals surface area contributed by atoms with E-state index in [1.54, 1.807) is 54.5 Å². The molecule has 3 aromatic carbocycles. The average Bonchev–Trinajstić information content (AvgIpc) is 1.68. The second-order valence-corrected chi connectivity index (χ2v) is 34.0. The number of phenols is 1. The number of benzene rings is 3. The first-order valence-electron chi connectivity index (χ1n) is 42.6. The summed E-state index contributed by atoms with van der Waals surface area (Å²) in [7, 11) is 5.84. The number of primary amides is 1. The zero-order valence-electron chi connectivity index (χ0n) is 72.9. The Morgan fingerprint density at radius 3 is 1.79 bits per heavy atom. The first-order valence-corrected chi connectivity index (χ1v) is 43.8. The molecule has 4 heterocycles. The predicted octanol–water partition coefficient (Wildman–Crippen LogP) is 2.21. The average molecular weight is 1730 g/mol. The Hall–Kier alpha value is -11.1. The van der Waals surface area contributed by atoms with Gasteiger partial charge in [0.25, 0.3) is 0 Å². The lowest BCUT2D eigenvalue weighted by atomic mass is 9.99. The minimum Gasteiger partial charge on any atom is -0.508 e. The van der Waals surface area contributed by atoms with Gasteiger partial charge in [-0.3, -0.25) is 71.9 Å². The van der Waals surface area contributed by atoms with Crippen LogP contribution < -0.4 is 59.3 Å². The number of unbranched alkanes of at least 4 members (excludes halogenated alkanes) is 2. The minimum absolute atomic E-state index is 0.00738. The van der Waals surface area contributed by atoms with Gasteiger partial charge in [0.05, 0.1) is 24.8 Å². The summed E-state index contributed by atoms with van der Waals surface area (Å²) in [4.78, 5) is 220. The second kappa shape index (κ2) is 48.1. The highest BCUT2D eigenvalue weighted by molar-refractivity contribution is 7.99. The number of likely N-dealkylation sites (tertiary alicyclic amines) is 2. The molecule has 5 aromatic rings. The molecule has 2 unspecified atom stereocenters. The Morgan fingerprint density at radius 2 is 1.15 bits per heavy atom. The Labute approximate surface area is 723 Å². The van der Waals surface area contributed by atoms with Crippen LogP contribution in [0.1, 0.15) is 156 Å². The summed E-state index contributed by atoms with van der Waals surface area (Å²) in [5.41, 5.74) is 15.0. The number of phenolic OH excluding ortho intramolecular Hbond substituents is 1. The van der Waals surface area contributed by atoms with Crippen LogP contribution in [0, 0.1) is 11.8 Å². The summed E-state index contributed by atoms with van der Waals surface area (Å²) in [6.45, 7) is 14.0. The van der Waals surface area contributed by atoms with Crippen LogP contribution in [0.5, 0.6) is 5.75 Å². The molecular formula is C87H128N18O17S. The molecule has 14 amide bonds. The van der Waals surface area contributed by atoms with E-state index in [0.717, 1.165) is 46.0 Å². The van der Waals surface area contributed by atoms with Crippen molar-refractivity contribution in [2.75, 3.05) is 72.4 Å². The summed E-state index contributed by atoms with van der Waals surface area (Å²) in [6, 6.07) is 7.30. The third kappa shape index (κ3) is 28.5. The number of nitrogens with one attached hydrogen (secondary N) is 10. The number of H-pyrrole nitrogens is 1. The number of aliphatic carboxylic acids is 1. The number of nitrogens with two attached hydrogens (primary N) is 2. The molecule has 0 aliphatic carbocycles. The van der Waals surface area contributed by atoms with Crippen molar-refractivity contribution in [2.24, 2.45) is 23.3 Å². The number of fused-ring (bicyclic) bond motifs is 2. The first-order chi connectivity index (χ1) is 58.5. The van der Waals surface area contributed by atoms with Crippen LogP contribution in [-0.2, 0) is 97.7 Å². The van der Waals surface area contributed by atoms with Crippen LogP contribution in [0.3, 0.4) is 0 Å². The number of thioether (sulfide) groups is 1. The van der Waals surface area contributed by atoms with Gasteiger partial charge < -0.3 is 104 Å². The van der Waals surface area contributed by atoms with Crippen molar-refractivity contribution < 1.29 is 82.1 Å². The normalized spacial score (nSPS) is 16.3. The molecule has 0 saturated carbocycles. The standard InChI is InChI=1S/C87H128N18O17S/c1-13-15-27-70(101(11)87(122)72(28-16-14-2)102(12)84(119)66(43-57-48-103(49-76(110)111)69-29-20-18-25-60(57)69)94-74(108)47-93-78(113)62(90-9)42-56-46-92-61-26-19-17-24-59(56)61)81(116)96-63(39-51(3)4)79(114)91-35-38-123-50-75(109)95-65(41-55-31-33-58(106)34-32-55)83(118)100(10)54(8)77(112)97-67(44-73(89)107)86(121)105-37-22-30-71(105)82(117)99-68(45-88)80(115)98-64(40-52(5)6)85(120)104-36-21-23-53(104)7/h17-20,24-26,29,31-34,46,48,51-54,62-68,70-72,90,92,106H,13-16,21-23,27-28,30,35-45,47,49-50,88H2,1-12H3,(H2,89,107)(H,91,114)(H,93,113)(H,94,108)(H,95,109)(H,96,116)(H,97,112)(H,98,115)(H,99,117)(H,110,111)/t53?,54-,62-,63-,64-,65-,66-,67-,68-,70-,71?,72-/m0/s1. The van der Waals surface area contributed by atoms with Crippen LogP contribution in [0.4, 0.5) is 0 Å². The summed E-state index contributed by atoms with van der Waals surface area (Å²) >= 11 is 1.11. The van der Waals surface area contributed by atoms with Crippen LogP contribution >= 0.6 is 11.8 Å². The largest absolute Gasteiger partial charge is 0.508 e. The lowest BCUT2D eigenvalue weighted by molar-refractivity contribution is -0.149. The Morgan fingerprint density at radius 1 is 0.585 bits per heavy atom. The van der Waals surface area contributed by atoms with E-state index in [2.05, 4.69) is 52.8 Å². The third-order valence-corrected chi connectivity index (χ3v) is 23.6.